The van der Waals surface area contributed by atoms with Crippen LogP contribution in [0.4, 0.5) is 4.79 Å². The molecule has 3 aliphatic rings. The third kappa shape index (κ3) is 3.13. The van der Waals surface area contributed by atoms with E-state index in [0.29, 0.717) is 17.4 Å². The van der Waals surface area contributed by atoms with E-state index in [-0.39, 0.29) is 17.4 Å². The molecule has 1 aromatic carbocycles. The lowest BCUT2D eigenvalue weighted by Crippen LogP contribution is -2.58. The minimum atomic E-state index is -0.734. The van der Waals surface area contributed by atoms with Crippen LogP contribution in [0.2, 0.25) is 0 Å². The van der Waals surface area contributed by atoms with Crippen molar-refractivity contribution in [3.05, 3.63) is 35.4 Å². The number of hydrogen-bond donors (Lipinski definition) is 1. The number of carbonyl (C=O) groups is 4. The fourth-order valence-electron chi connectivity index (χ4n) is 4.50. The number of carbonyl (C=O) groups excluding carboxylic acids is 4. The number of urea groups is 1. The highest BCUT2D eigenvalue weighted by atomic mass is 16.5. The number of barbiturate groups is 1. The largest absolute Gasteiger partial charge is 0.426 e. The topological polar surface area (TPSA) is 92.8 Å². The molecule has 1 aliphatic heterocycles. The number of ether oxygens (including phenoxy) is 1. The molecule has 3 fully saturated rings. The molecule has 1 N–H and O–H groups in total. The van der Waals surface area contributed by atoms with Gasteiger partial charge in [-0.15, -0.1) is 0 Å². The molecular weight excluding hydrogens is 348 g/mol. The van der Waals surface area contributed by atoms with Crippen molar-refractivity contribution in [2.24, 2.45) is 11.8 Å². The lowest BCUT2D eigenvalue weighted by Gasteiger charge is -2.35. The van der Waals surface area contributed by atoms with Crippen molar-refractivity contribution < 1.29 is 23.9 Å². The summed E-state index contributed by atoms with van der Waals surface area (Å²) in [5.41, 5.74) is 0.297. The zero-order valence-electron chi connectivity index (χ0n) is 14.9. The van der Waals surface area contributed by atoms with E-state index in [9.17, 15) is 19.2 Å². The Morgan fingerprint density at radius 2 is 1.96 bits per heavy atom. The highest BCUT2D eigenvalue weighted by Crippen LogP contribution is 2.47. The van der Waals surface area contributed by atoms with Crippen LogP contribution in [0.15, 0.2) is 29.8 Å². The fraction of sp³-hybridized carbons (Fsp3) is 0.400. The molecule has 1 saturated heterocycles. The quantitative estimate of drug-likeness (QED) is 0.382. The van der Waals surface area contributed by atoms with Crippen LogP contribution in [0.5, 0.6) is 5.75 Å². The molecular formula is C20H20N2O5. The van der Waals surface area contributed by atoms with Crippen LogP contribution in [-0.4, -0.2) is 34.8 Å². The first kappa shape index (κ1) is 17.5. The molecule has 2 bridgehead atoms. The van der Waals surface area contributed by atoms with Gasteiger partial charge in [-0.05, 0) is 43.2 Å². The number of rotatable bonds is 3. The van der Waals surface area contributed by atoms with Crippen molar-refractivity contribution >= 4 is 29.9 Å². The zero-order valence-corrected chi connectivity index (χ0v) is 14.9. The Kier molecular flexibility index (Phi) is 4.30. The van der Waals surface area contributed by atoms with E-state index in [2.05, 4.69) is 5.32 Å². The first-order valence-corrected chi connectivity index (χ1v) is 9.12. The molecule has 27 heavy (non-hydrogen) atoms. The number of benzene rings is 1. The van der Waals surface area contributed by atoms with E-state index >= 15 is 0 Å². The third-order valence-corrected chi connectivity index (χ3v) is 5.64. The van der Waals surface area contributed by atoms with E-state index in [4.69, 9.17) is 4.74 Å². The maximum atomic E-state index is 13.0. The van der Waals surface area contributed by atoms with Gasteiger partial charge in [0.05, 0.1) is 0 Å². The van der Waals surface area contributed by atoms with Gasteiger partial charge in [-0.1, -0.05) is 24.6 Å². The van der Waals surface area contributed by atoms with Gasteiger partial charge in [-0.2, -0.15) is 0 Å². The summed E-state index contributed by atoms with van der Waals surface area (Å²) in [6.07, 6.45) is 5.36. The third-order valence-electron chi connectivity index (χ3n) is 5.64. The normalized spacial score (nSPS) is 28.6. The van der Waals surface area contributed by atoms with Crippen LogP contribution in [-0.2, 0) is 14.4 Å². The molecule has 0 spiro atoms. The van der Waals surface area contributed by atoms with Crippen LogP contribution in [0.3, 0.4) is 0 Å². The van der Waals surface area contributed by atoms with Crippen LogP contribution in [0.25, 0.3) is 6.08 Å². The summed E-state index contributed by atoms with van der Waals surface area (Å²) < 4.78 is 5.14. The molecule has 0 aromatic heterocycles. The van der Waals surface area contributed by atoms with Crippen molar-refractivity contribution in [3.8, 4) is 5.75 Å². The molecule has 1 aromatic rings. The number of nitrogens with one attached hydrogen (secondary N) is 1. The maximum absolute atomic E-state index is 13.0. The lowest BCUT2D eigenvalue weighted by molar-refractivity contribution is -0.133. The highest BCUT2D eigenvalue weighted by Gasteiger charge is 2.49. The average Bonchev–Trinajstić information content (AvgIpc) is 3.22. The molecule has 2 saturated carbocycles. The smallest absolute Gasteiger partial charge is 0.331 e. The molecule has 7 nitrogen and oxygen atoms in total. The second-order valence-electron chi connectivity index (χ2n) is 7.37. The van der Waals surface area contributed by atoms with Crippen LogP contribution in [0, 0.1) is 11.8 Å². The van der Waals surface area contributed by atoms with Gasteiger partial charge in [-0.25, -0.2) is 4.79 Å². The van der Waals surface area contributed by atoms with Crippen LogP contribution < -0.4 is 10.1 Å². The molecule has 140 valence electrons. The van der Waals surface area contributed by atoms with Crippen molar-refractivity contribution in [3.63, 3.8) is 0 Å². The van der Waals surface area contributed by atoms with Crippen LogP contribution >= 0.6 is 0 Å². The van der Waals surface area contributed by atoms with Gasteiger partial charge in [0.15, 0.2) is 0 Å². The summed E-state index contributed by atoms with van der Waals surface area (Å²) in [6, 6.07) is 5.82. The highest BCUT2D eigenvalue weighted by molar-refractivity contribution is 6.31. The first-order chi connectivity index (χ1) is 12.9. The predicted molar refractivity (Wildman–Crippen MR) is 95.3 cm³/mol. The average molecular weight is 368 g/mol. The number of amides is 4. The Bertz CT molecular complexity index is 875. The Morgan fingerprint density at radius 1 is 1.19 bits per heavy atom. The van der Waals surface area contributed by atoms with Gasteiger partial charge < -0.3 is 4.74 Å². The molecule has 2 aliphatic carbocycles. The molecule has 0 radical (unpaired) electrons. The number of nitrogens with zero attached hydrogens (tertiary/aromatic N) is 1. The van der Waals surface area contributed by atoms with Crippen molar-refractivity contribution in [2.45, 2.75) is 38.6 Å². The van der Waals surface area contributed by atoms with Gasteiger partial charge in [0.25, 0.3) is 11.8 Å². The second kappa shape index (κ2) is 6.64. The summed E-state index contributed by atoms with van der Waals surface area (Å²) in [5.74, 6) is -0.704. The van der Waals surface area contributed by atoms with E-state index in [0.717, 1.165) is 25.7 Å². The molecule has 4 amide bonds. The van der Waals surface area contributed by atoms with Gasteiger partial charge in [0.1, 0.15) is 11.3 Å². The van der Waals surface area contributed by atoms with Crippen LogP contribution in [0.1, 0.15) is 38.2 Å². The van der Waals surface area contributed by atoms with E-state index in [1.807, 2.05) is 0 Å². The summed E-state index contributed by atoms with van der Waals surface area (Å²) in [7, 11) is 0. The van der Waals surface area contributed by atoms with E-state index in [1.165, 1.54) is 17.9 Å². The summed E-state index contributed by atoms with van der Waals surface area (Å²) in [5, 5.41) is 2.28. The number of hydrogen-bond acceptors (Lipinski definition) is 5. The van der Waals surface area contributed by atoms with E-state index in [1.54, 1.807) is 24.3 Å². The first-order valence-electron chi connectivity index (χ1n) is 9.12. The number of para-hydroxylation sites is 1. The van der Waals surface area contributed by atoms with E-state index < -0.39 is 23.8 Å². The van der Waals surface area contributed by atoms with Crippen molar-refractivity contribution in [1.82, 2.24) is 10.2 Å². The summed E-state index contributed by atoms with van der Waals surface area (Å²) in [4.78, 5) is 50.2. The zero-order chi connectivity index (χ0) is 19.1. The Hall–Kier alpha value is -2.96. The SMILES string of the molecule is CC(=O)Oc1ccccc1/C=C1/C(=O)NC(=O)N([C@@H]2C[C@H]3CC[C@H]2C3)C1=O. The standard InChI is InChI=1S/C20H20N2O5/c1-11(23)27-17-5-3-2-4-14(17)10-15-18(24)21-20(26)22(19(15)25)16-9-12-6-7-13(16)8-12/h2-5,10,12-13,16H,6-9H2,1H3,(H,21,24,26)/b15-10-/t12-,13-,16+/m0/s1. The fourth-order valence-corrected chi connectivity index (χ4v) is 4.50. The molecule has 4 rings (SSSR count). The molecule has 0 unspecified atom stereocenters. The van der Waals surface area contributed by atoms with Crippen molar-refractivity contribution in [1.29, 1.82) is 0 Å². The Labute approximate surface area is 156 Å². The number of imide groups is 2. The second-order valence-corrected chi connectivity index (χ2v) is 7.37. The minimum Gasteiger partial charge on any atom is -0.426 e. The number of fused-ring (bicyclic) bond motifs is 2. The lowest BCUT2D eigenvalue weighted by atomic mass is 9.93. The predicted octanol–water partition coefficient (Wildman–Crippen LogP) is 2.26. The molecule has 1 heterocycles. The Balaban J connectivity index is 1.67. The van der Waals surface area contributed by atoms with Gasteiger partial charge in [0, 0.05) is 18.5 Å². The maximum Gasteiger partial charge on any atom is 0.331 e. The number of esters is 1. The summed E-state index contributed by atoms with van der Waals surface area (Å²) >= 11 is 0. The van der Waals surface area contributed by atoms with Gasteiger partial charge in [0.2, 0.25) is 0 Å². The Morgan fingerprint density at radius 3 is 2.63 bits per heavy atom. The summed E-state index contributed by atoms with van der Waals surface area (Å²) in [6.45, 7) is 1.28. The molecule has 3 atom stereocenters. The van der Waals surface area contributed by atoms with Gasteiger partial charge in [-0.3, -0.25) is 24.6 Å². The minimum absolute atomic E-state index is 0.128. The van der Waals surface area contributed by atoms with Crippen molar-refractivity contribution in [2.75, 3.05) is 0 Å². The van der Waals surface area contributed by atoms with Gasteiger partial charge >= 0.3 is 12.0 Å². The molecule has 7 heteroatoms. The monoisotopic (exact) mass is 368 g/mol.